The van der Waals surface area contributed by atoms with Crippen LogP contribution in [0.15, 0.2) is 41.2 Å². The second-order valence-electron chi connectivity index (χ2n) is 7.13. The average Bonchev–Trinajstić information content (AvgIpc) is 3.08. The molecule has 8 nitrogen and oxygen atoms in total. The SMILES string of the molecule is O=C1CN(C[C@H](O)COc2ccc3[nH]c(=O)[nH]c3c2)CCN1c1ccc(F)c(F)c1. The number of piperazine rings is 1. The summed E-state index contributed by atoms with van der Waals surface area (Å²) in [6.07, 6.45) is -0.839. The lowest BCUT2D eigenvalue weighted by Gasteiger charge is -2.35. The summed E-state index contributed by atoms with van der Waals surface area (Å²) in [5, 5.41) is 10.3. The van der Waals surface area contributed by atoms with Gasteiger partial charge in [0.1, 0.15) is 18.5 Å². The van der Waals surface area contributed by atoms with Crippen LogP contribution in [0.4, 0.5) is 14.5 Å². The zero-order chi connectivity index (χ0) is 21.3. The molecular formula is C20H20F2N4O4. The number of carbonyl (C=O) groups is 1. The number of halogens is 2. The molecule has 0 radical (unpaired) electrons. The molecule has 3 aromatic rings. The fraction of sp³-hybridized carbons (Fsp3) is 0.300. The zero-order valence-corrected chi connectivity index (χ0v) is 15.9. The Labute approximate surface area is 169 Å². The van der Waals surface area contributed by atoms with E-state index < -0.39 is 17.7 Å². The topological polar surface area (TPSA) is 102 Å². The van der Waals surface area contributed by atoms with E-state index in [1.54, 1.807) is 23.1 Å². The Hall–Kier alpha value is -3.24. The predicted octanol–water partition coefficient (Wildman–Crippen LogP) is 1.22. The van der Waals surface area contributed by atoms with Gasteiger partial charge in [0.25, 0.3) is 0 Å². The second-order valence-corrected chi connectivity index (χ2v) is 7.13. The van der Waals surface area contributed by atoms with Gasteiger partial charge in [0, 0.05) is 37.5 Å². The van der Waals surface area contributed by atoms with Crippen molar-refractivity contribution in [2.45, 2.75) is 6.10 Å². The predicted molar refractivity (Wildman–Crippen MR) is 106 cm³/mol. The van der Waals surface area contributed by atoms with Crippen LogP contribution in [0.5, 0.6) is 5.75 Å². The number of nitrogens with one attached hydrogen (secondary N) is 2. The minimum Gasteiger partial charge on any atom is -0.491 e. The van der Waals surface area contributed by atoms with Crippen molar-refractivity contribution in [2.24, 2.45) is 0 Å². The van der Waals surface area contributed by atoms with E-state index >= 15 is 0 Å². The van der Waals surface area contributed by atoms with Crippen molar-refractivity contribution in [1.29, 1.82) is 0 Å². The molecule has 30 heavy (non-hydrogen) atoms. The van der Waals surface area contributed by atoms with Gasteiger partial charge in [0.05, 0.1) is 17.6 Å². The maximum absolute atomic E-state index is 13.4. The number of aliphatic hydroxyl groups excluding tert-OH is 1. The molecule has 0 unspecified atom stereocenters. The Kier molecular flexibility index (Phi) is 5.51. The Bertz CT molecular complexity index is 1130. The van der Waals surface area contributed by atoms with Gasteiger partial charge in [-0.25, -0.2) is 13.6 Å². The number of aromatic amines is 2. The molecule has 1 aromatic heterocycles. The van der Waals surface area contributed by atoms with Crippen LogP contribution in [0.3, 0.4) is 0 Å². The molecule has 0 aliphatic carbocycles. The molecule has 3 N–H and O–H groups in total. The van der Waals surface area contributed by atoms with Gasteiger partial charge in [-0.3, -0.25) is 9.69 Å². The molecule has 4 rings (SSSR count). The minimum atomic E-state index is -1.00. The van der Waals surface area contributed by atoms with Gasteiger partial charge in [-0.05, 0) is 24.3 Å². The first-order valence-corrected chi connectivity index (χ1v) is 9.40. The number of fused-ring (bicyclic) bond motifs is 1. The number of benzene rings is 2. The van der Waals surface area contributed by atoms with E-state index in [1.807, 2.05) is 0 Å². The summed E-state index contributed by atoms with van der Waals surface area (Å²) in [5.41, 5.74) is 1.26. The van der Waals surface area contributed by atoms with Crippen molar-refractivity contribution in [1.82, 2.24) is 14.9 Å². The van der Waals surface area contributed by atoms with Crippen LogP contribution >= 0.6 is 0 Å². The zero-order valence-electron chi connectivity index (χ0n) is 15.9. The minimum absolute atomic E-state index is 0.0116. The fourth-order valence-electron chi connectivity index (χ4n) is 3.45. The first-order valence-electron chi connectivity index (χ1n) is 9.40. The lowest BCUT2D eigenvalue weighted by atomic mass is 10.2. The molecule has 0 bridgehead atoms. The average molecular weight is 418 g/mol. The van der Waals surface area contributed by atoms with E-state index in [-0.39, 0.29) is 31.3 Å². The van der Waals surface area contributed by atoms with Gasteiger partial charge in [0.15, 0.2) is 11.6 Å². The van der Waals surface area contributed by atoms with Crippen LogP contribution < -0.4 is 15.3 Å². The number of hydrogen-bond acceptors (Lipinski definition) is 5. The van der Waals surface area contributed by atoms with E-state index in [2.05, 4.69) is 9.97 Å². The number of β-amino-alcohol motifs (C(OH)–C–C–N with tert-alkyl or cyclic N) is 1. The van der Waals surface area contributed by atoms with E-state index in [9.17, 15) is 23.5 Å². The van der Waals surface area contributed by atoms with Gasteiger partial charge >= 0.3 is 5.69 Å². The highest BCUT2D eigenvalue weighted by Crippen LogP contribution is 2.21. The lowest BCUT2D eigenvalue weighted by molar-refractivity contribution is -0.121. The number of aliphatic hydroxyl groups is 1. The van der Waals surface area contributed by atoms with Gasteiger partial charge in [0.2, 0.25) is 5.91 Å². The molecule has 158 valence electrons. The summed E-state index contributed by atoms with van der Waals surface area (Å²) < 4.78 is 32.1. The van der Waals surface area contributed by atoms with Crippen molar-refractivity contribution in [3.05, 3.63) is 58.5 Å². The smallest absolute Gasteiger partial charge is 0.323 e. The number of aromatic nitrogens is 2. The third kappa shape index (κ3) is 4.34. The summed E-state index contributed by atoms with van der Waals surface area (Å²) in [6, 6.07) is 8.40. The van der Waals surface area contributed by atoms with Crippen molar-refractivity contribution in [2.75, 3.05) is 37.7 Å². The quantitative estimate of drug-likeness (QED) is 0.559. The summed E-state index contributed by atoms with van der Waals surface area (Å²) in [7, 11) is 0. The number of anilines is 1. The number of ether oxygens (including phenoxy) is 1. The number of nitrogens with zero attached hydrogens (tertiary/aromatic N) is 2. The maximum Gasteiger partial charge on any atom is 0.323 e. The largest absolute Gasteiger partial charge is 0.491 e. The van der Waals surface area contributed by atoms with E-state index in [4.69, 9.17) is 4.74 Å². The van der Waals surface area contributed by atoms with Crippen molar-refractivity contribution in [3.8, 4) is 5.75 Å². The molecule has 1 atom stereocenters. The van der Waals surface area contributed by atoms with Crippen LogP contribution in [0.1, 0.15) is 0 Å². The molecule has 1 aliphatic rings. The number of H-pyrrole nitrogens is 2. The van der Waals surface area contributed by atoms with E-state index in [0.29, 0.717) is 35.6 Å². The van der Waals surface area contributed by atoms with Crippen molar-refractivity contribution < 1.29 is 23.4 Å². The first-order chi connectivity index (χ1) is 14.4. The number of amides is 1. The van der Waals surface area contributed by atoms with Crippen LogP contribution in [0, 0.1) is 11.6 Å². The molecular weight excluding hydrogens is 398 g/mol. The second kappa shape index (κ2) is 8.25. The molecule has 0 saturated carbocycles. The Morgan fingerprint density at radius 1 is 1.03 bits per heavy atom. The normalized spacial score (nSPS) is 16.2. The summed E-state index contributed by atoms with van der Waals surface area (Å²) in [6.45, 7) is 1.05. The van der Waals surface area contributed by atoms with E-state index in [1.165, 1.54) is 11.0 Å². The highest BCUT2D eigenvalue weighted by molar-refractivity contribution is 5.95. The van der Waals surface area contributed by atoms with Gasteiger partial charge in [-0.2, -0.15) is 0 Å². The molecule has 1 saturated heterocycles. The first kappa shape index (κ1) is 20.0. The van der Waals surface area contributed by atoms with Gasteiger partial charge < -0.3 is 24.7 Å². The highest BCUT2D eigenvalue weighted by Gasteiger charge is 2.27. The van der Waals surface area contributed by atoms with Crippen molar-refractivity contribution in [3.63, 3.8) is 0 Å². The molecule has 1 amide bonds. The summed E-state index contributed by atoms with van der Waals surface area (Å²) in [5.74, 6) is -1.73. The third-order valence-corrected chi connectivity index (χ3v) is 4.91. The number of carbonyl (C=O) groups excluding carboxylic acids is 1. The van der Waals surface area contributed by atoms with Crippen LogP contribution in [0.2, 0.25) is 0 Å². The molecule has 2 aromatic carbocycles. The number of imidazole rings is 1. The molecule has 2 heterocycles. The van der Waals surface area contributed by atoms with Gasteiger partial charge in [-0.1, -0.05) is 0 Å². The summed E-state index contributed by atoms with van der Waals surface area (Å²) in [4.78, 5) is 32.1. The Morgan fingerprint density at radius 3 is 2.60 bits per heavy atom. The lowest BCUT2D eigenvalue weighted by Crippen LogP contribution is -2.52. The van der Waals surface area contributed by atoms with Gasteiger partial charge in [-0.15, -0.1) is 0 Å². The van der Waals surface area contributed by atoms with Crippen LogP contribution in [-0.2, 0) is 4.79 Å². The molecule has 1 fully saturated rings. The number of hydrogen-bond donors (Lipinski definition) is 3. The molecule has 1 aliphatic heterocycles. The third-order valence-electron chi connectivity index (χ3n) is 4.91. The highest BCUT2D eigenvalue weighted by atomic mass is 19.2. The fourth-order valence-corrected chi connectivity index (χ4v) is 3.45. The van der Waals surface area contributed by atoms with Crippen molar-refractivity contribution >= 4 is 22.6 Å². The summed E-state index contributed by atoms with van der Waals surface area (Å²) >= 11 is 0. The van der Waals surface area contributed by atoms with E-state index in [0.717, 1.165) is 12.1 Å². The molecule has 0 spiro atoms. The number of rotatable bonds is 6. The Balaban J connectivity index is 1.29. The molecule has 10 heteroatoms. The van der Waals surface area contributed by atoms with Crippen LogP contribution in [-0.4, -0.2) is 64.8 Å². The van der Waals surface area contributed by atoms with Crippen LogP contribution in [0.25, 0.3) is 11.0 Å². The Morgan fingerprint density at radius 2 is 1.83 bits per heavy atom. The standard InChI is InChI=1S/C20H20F2N4O4/c21-15-3-1-12(7-16(15)22)26-6-5-25(10-19(26)28)9-13(27)11-30-14-2-4-17-18(8-14)24-20(29)23-17/h1-4,7-8,13,27H,5-6,9-11H2,(H2,23,24,29)/t13-/m0/s1. The monoisotopic (exact) mass is 418 g/mol. The maximum atomic E-state index is 13.4.